The first-order chi connectivity index (χ1) is 14.0. The lowest BCUT2D eigenvalue weighted by atomic mass is 10.0. The second kappa shape index (κ2) is 7.40. The normalized spacial score (nSPS) is 14.6. The maximum Gasteiger partial charge on any atom is 0.363 e. The molecule has 3 aromatic rings. The molecule has 0 atom stereocenters. The Morgan fingerprint density at radius 1 is 0.862 bits per heavy atom. The molecule has 0 amide bonds. The van der Waals surface area contributed by atoms with Crippen molar-refractivity contribution >= 4 is 23.6 Å². The van der Waals surface area contributed by atoms with Gasteiger partial charge in [-0.05, 0) is 40.6 Å². The number of cyclic esters (lactones) is 1. The highest BCUT2D eigenvalue weighted by atomic mass is 16.6. The Hall–Kier alpha value is -4.26. The van der Waals surface area contributed by atoms with Crippen LogP contribution < -0.4 is 5.11 Å². The van der Waals surface area contributed by atoms with E-state index in [2.05, 4.69) is 4.99 Å². The lowest BCUT2D eigenvalue weighted by molar-refractivity contribution is -0.398. The SMILES string of the molecule is O=C1OC(c2ccc(-c3ccccc3)cc2)=N/C1=C\c1cccc([N+](=O)[O-])c1[O-]. The molecule has 0 spiro atoms. The fourth-order valence-corrected chi connectivity index (χ4v) is 2.92. The summed E-state index contributed by atoms with van der Waals surface area (Å²) >= 11 is 0. The van der Waals surface area contributed by atoms with Crippen molar-refractivity contribution in [2.24, 2.45) is 4.99 Å². The van der Waals surface area contributed by atoms with E-state index in [0.717, 1.165) is 17.2 Å². The molecule has 4 rings (SSSR count). The number of rotatable bonds is 4. The Labute approximate surface area is 165 Å². The summed E-state index contributed by atoms with van der Waals surface area (Å²) in [6.07, 6.45) is 1.20. The van der Waals surface area contributed by atoms with Crippen molar-refractivity contribution in [3.63, 3.8) is 0 Å². The molecular weight excluding hydrogens is 372 g/mol. The van der Waals surface area contributed by atoms with E-state index in [1.807, 2.05) is 42.5 Å². The van der Waals surface area contributed by atoms with E-state index in [1.165, 1.54) is 18.2 Å². The van der Waals surface area contributed by atoms with Crippen LogP contribution in [0.25, 0.3) is 17.2 Å². The molecule has 1 aliphatic rings. The van der Waals surface area contributed by atoms with E-state index in [1.54, 1.807) is 12.1 Å². The zero-order chi connectivity index (χ0) is 20.4. The summed E-state index contributed by atoms with van der Waals surface area (Å²) in [7, 11) is 0. The lowest BCUT2D eigenvalue weighted by Crippen LogP contribution is -2.05. The standard InChI is InChI=1S/C22H14N2O5/c25-20-17(7-4-8-19(20)24(27)28)13-18-22(26)29-21(23-18)16-11-9-15(10-12-16)14-5-2-1-3-6-14/h1-13,25H/p-1/b18-13-. The molecule has 7 nitrogen and oxygen atoms in total. The third kappa shape index (κ3) is 3.61. The fraction of sp³-hybridized carbons (Fsp3) is 0. The fourth-order valence-electron chi connectivity index (χ4n) is 2.92. The van der Waals surface area contributed by atoms with Crippen LogP contribution in [0.3, 0.4) is 0 Å². The number of ether oxygens (including phenoxy) is 1. The first kappa shape index (κ1) is 18.1. The van der Waals surface area contributed by atoms with Gasteiger partial charge >= 0.3 is 5.97 Å². The topological polar surface area (TPSA) is 105 Å². The lowest BCUT2D eigenvalue weighted by Gasteiger charge is -2.09. The zero-order valence-electron chi connectivity index (χ0n) is 14.9. The average Bonchev–Trinajstić information content (AvgIpc) is 3.10. The van der Waals surface area contributed by atoms with Crippen molar-refractivity contribution < 1.29 is 19.6 Å². The summed E-state index contributed by atoms with van der Waals surface area (Å²) in [6, 6.07) is 21.0. The van der Waals surface area contributed by atoms with E-state index in [-0.39, 0.29) is 17.2 Å². The summed E-state index contributed by atoms with van der Waals surface area (Å²) < 4.78 is 5.20. The number of nitro groups is 1. The number of para-hydroxylation sites is 1. The number of esters is 1. The Bertz CT molecular complexity index is 1170. The van der Waals surface area contributed by atoms with Crippen molar-refractivity contribution in [2.75, 3.05) is 0 Å². The van der Waals surface area contributed by atoms with Gasteiger partial charge in [0.2, 0.25) is 5.90 Å². The minimum atomic E-state index is -0.784. The van der Waals surface area contributed by atoms with Crippen molar-refractivity contribution in [3.05, 3.63) is 99.7 Å². The van der Waals surface area contributed by atoms with Gasteiger partial charge in [-0.15, -0.1) is 0 Å². The average molecular weight is 385 g/mol. The molecule has 1 heterocycles. The minimum absolute atomic E-state index is 0.00410. The molecule has 0 radical (unpaired) electrons. The second-order valence-corrected chi connectivity index (χ2v) is 6.23. The van der Waals surface area contributed by atoms with E-state index in [4.69, 9.17) is 4.74 Å². The molecule has 3 aromatic carbocycles. The first-order valence-electron chi connectivity index (χ1n) is 8.66. The van der Waals surface area contributed by atoms with Gasteiger partial charge in [-0.3, -0.25) is 10.1 Å². The van der Waals surface area contributed by atoms with Gasteiger partial charge in [-0.1, -0.05) is 54.6 Å². The highest BCUT2D eigenvalue weighted by molar-refractivity contribution is 6.13. The van der Waals surface area contributed by atoms with Crippen LogP contribution in [0.4, 0.5) is 5.69 Å². The number of carbonyl (C=O) groups excluding carboxylic acids is 1. The van der Waals surface area contributed by atoms with Gasteiger partial charge in [0.1, 0.15) is 0 Å². The molecule has 0 fully saturated rings. The molecule has 0 bridgehead atoms. The van der Waals surface area contributed by atoms with Crippen LogP contribution in [-0.4, -0.2) is 16.8 Å². The molecule has 0 N–H and O–H groups in total. The number of nitro benzene ring substituents is 1. The van der Waals surface area contributed by atoms with E-state index in [9.17, 15) is 20.0 Å². The molecule has 0 saturated carbocycles. The molecular formula is C22H13N2O5-. The summed E-state index contributed by atoms with van der Waals surface area (Å²) in [4.78, 5) is 26.4. The summed E-state index contributed by atoms with van der Waals surface area (Å²) in [6.45, 7) is 0. The Morgan fingerprint density at radius 3 is 2.21 bits per heavy atom. The number of carbonyl (C=O) groups is 1. The number of hydrogen-bond donors (Lipinski definition) is 0. The highest BCUT2D eigenvalue weighted by Crippen LogP contribution is 2.30. The monoisotopic (exact) mass is 385 g/mol. The van der Waals surface area contributed by atoms with E-state index < -0.39 is 22.3 Å². The molecule has 0 aromatic heterocycles. The van der Waals surface area contributed by atoms with Crippen LogP contribution in [0, 0.1) is 10.1 Å². The van der Waals surface area contributed by atoms with E-state index >= 15 is 0 Å². The maximum atomic E-state index is 12.1. The predicted molar refractivity (Wildman–Crippen MR) is 105 cm³/mol. The van der Waals surface area contributed by atoms with Crippen LogP contribution >= 0.6 is 0 Å². The van der Waals surface area contributed by atoms with Gasteiger partial charge in [0.15, 0.2) is 5.70 Å². The molecule has 1 aliphatic heterocycles. The van der Waals surface area contributed by atoms with Gasteiger partial charge < -0.3 is 9.84 Å². The van der Waals surface area contributed by atoms with Crippen molar-refractivity contribution in [3.8, 4) is 16.9 Å². The van der Waals surface area contributed by atoms with Crippen LogP contribution in [0.2, 0.25) is 0 Å². The Kier molecular flexibility index (Phi) is 4.62. The van der Waals surface area contributed by atoms with Gasteiger partial charge in [-0.2, -0.15) is 0 Å². The summed E-state index contributed by atoms with van der Waals surface area (Å²) in [5.74, 6) is -1.40. The molecule has 29 heavy (non-hydrogen) atoms. The van der Waals surface area contributed by atoms with Crippen LogP contribution in [0.15, 0.2) is 83.5 Å². The van der Waals surface area contributed by atoms with Crippen molar-refractivity contribution in [2.45, 2.75) is 0 Å². The molecule has 0 aliphatic carbocycles. The van der Waals surface area contributed by atoms with E-state index in [0.29, 0.717) is 5.56 Å². The van der Waals surface area contributed by atoms with Crippen LogP contribution in [-0.2, 0) is 9.53 Å². The predicted octanol–water partition coefficient (Wildman–Crippen LogP) is 3.68. The number of hydrogen-bond acceptors (Lipinski definition) is 6. The summed E-state index contributed by atoms with van der Waals surface area (Å²) in [5, 5.41) is 23.0. The minimum Gasteiger partial charge on any atom is -0.867 e. The molecule has 7 heteroatoms. The highest BCUT2D eigenvalue weighted by Gasteiger charge is 2.24. The third-order valence-corrected chi connectivity index (χ3v) is 4.37. The second-order valence-electron chi connectivity index (χ2n) is 6.23. The number of nitrogens with zero attached hydrogens (tertiary/aromatic N) is 2. The van der Waals surface area contributed by atoms with Gasteiger partial charge in [0.25, 0.3) is 5.69 Å². The summed E-state index contributed by atoms with van der Waals surface area (Å²) in [5.41, 5.74) is 2.00. The van der Waals surface area contributed by atoms with Crippen LogP contribution in [0.1, 0.15) is 11.1 Å². The Balaban J connectivity index is 1.64. The first-order valence-corrected chi connectivity index (χ1v) is 8.66. The smallest absolute Gasteiger partial charge is 0.363 e. The molecule has 142 valence electrons. The van der Waals surface area contributed by atoms with Crippen LogP contribution in [0.5, 0.6) is 5.75 Å². The number of aliphatic imine (C=N–C) groups is 1. The van der Waals surface area contributed by atoms with Crippen molar-refractivity contribution in [1.82, 2.24) is 0 Å². The van der Waals surface area contributed by atoms with Crippen molar-refractivity contribution in [1.29, 1.82) is 0 Å². The van der Waals surface area contributed by atoms with Gasteiger partial charge in [-0.25, -0.2) is 9.79 Å². The van der Waals surface area contributed by atoms with Gasteiger partial charge in [0, 0.05) is 11.6 Å². The number of benzene rings is 3. The Morgan fingerprint density at radius 2 is 1.52 bits per heavy atom. The molecule has 0 unspecified atom stereocenters. The third-order valence-electron chi connectivity index (χ3n) is 4.37. The maximum absolute atomic E-state index is 12.1. The zero-order valence-corrected chi connectivity index (χ0v) is 14.9. The quantitative estimate of drug-likeness (QED) is 0.295. The largest absolute Gasteiger partial charge is 0.867 e. The molecule has 0 saturated heterocycles. The van der Waals surface area contributed by atoms with Gasteiger partial charge in [0.05, 0.1) is 4.92 Å².